The number of aromatic nitrogens is 1. The second-order valence-electron chi connectivity index (χ2n) is 10.3. The second kappa shape index (κ2) is 9.17. The van der Waals surface area contributed by atoms with Crippen molar-refractivity contribution < 1.29 is 19.5 Å². The van der Waals surface area contributed by atoms with Gasteiger partial charge in [-0.15, -0.1) is 0 Å². The van der Waals surface area contributed by atoms with E-state index in [1.807, 2.05) is 0 Å². The van der Waals surface area contributed by atoms with Gasteiger partial charge in [-0.25, -0.2) is 0 Å². The molecular formula is C27H32N4O4. The molecule has 0 bridgehead atoms. The van der Waals surface area contributed by atoms with Crippen LogP contribution < -0.4 is 5.32 Å². The van der Waals surface area contributed by atoms with Crippen LogP contribution in [0.4, 0.5) is 0 Å². The molecule has 184 valence electrons. The smallest absolute Gasteiger partial charge is 0.256 e. The van der Waals surface area contributed by atoms with E-state index < -0.39 is 17.6 Å². The largest absolute Gasteiger partial charge is 0.383 e. The van der Waals surface area contributed by atoms with Crippen LogP contribution >= 0.6 is 0 Å². The van der Waals surface area contributed by atoms with Crippen LogP contribution in [-0.2, 0) is 28.3 Å². The molecule has 5 rings (SSSR count). The Morgan fingerprint density at radius 3 is 2.46 bits per heavy atom. The summed E-state index contributed by atoms with van der Waals surface area (Å²) in [6.07, 6.45) is 1.66. The van der Waals surface area contributed by atoms with Crippen molar-refractivity contribution in [2.75, 3.05) is 13.1 Å². The Hall–Kier alpha value is -3.10. The van der Waals surface area contributed by atoms with E-state index in [0.29, 0.717) is 42.1 Å². The molecule has 2 fully saturated rings. The summed E-state index contributed by atoms with van der Waals surface area (Å²) in [5, 5.41) is 13.7. The van der Waals surface area contributed by atoms with Gasteiger partial charge in [0.2, 0.25) is 11.8 Å². The average Bonchev–Trinajstić information content (AvgIpc) is 3.16. The Bertz CT molecular complexity index is 1150. The number of carbonyl (C=O) groups is 3. The molecule has 3 aliphatic heterocycles. The molecule has 0 saturated carbocycles. The van der Waals surface area contributed by atoms with E-state index in [9.17, 15) is 19.5 Å². The maximum Gasteiger partial charge on any atom is 0.256 e. The molecule has 1 unspecified atom stereocenters. The van der Waals surface area contributed by atoms with Crippen LogP contribution in [0.5, 0.6) is 0 Å². The van der Waals surface area contributed by atoms with Gasteiger partial charge in [0.15, 0.2) is 0 Å². The number of nitrogens with one attached hydrogen (secondary N) is 1. The Morgan fingerprint density at radius 1 is 1.09 bits per heavy atom. The van der Waals surface area contributed by atoms with E-state index in [0.717, 1.165) is 19.6 Å². The number of likely N-dealkylation sites (tertiary alicyclic amines) is 1. The van der Waals surface area contributed by atoms with Crippen LogP contribution in [-0.4, -0.2) is 56.7 Å². The number of imide groups is 1. The van der Waals surface area contributed by atoms with Crippen LogP contribution in [0.3, 0.4) is 0 Å². The summed E-state index contributed by atoms with van der Waals surface area (Å²) in [4.78, 5) is 45.2. The van der Waals surface area contributed by atoms with Crippen LogP contribution in [0.2, 0.25) is 0 Å². The highest BCUT2D eigenvalue weighted by Crippen LogP contribution is 2.35. The maximum absolute atomic E-state index is 12.9. The summed E-state index contributed by atoms with van der Waals surface area (Å²) < 4.78 is 0. The first kappa shape index (κ1) is 23.6. The van der Waals surface area contributed by atoms with E-state index in [-0.39, 0.29) is 24.8 Å². The first-order chi connectivity index (χ1) is 16.7. The predicted molar refractivity (Wildman–Crippen MR) is 129 cm³/mol. The second-order valence-corrected chi connectivity index (χ2v) is 10.3. The first-order valence-electron chi connectivity index (χ1n) is 12.4. The molecule has 1 atom stereocenters. The third kappa shape index (κ3) is 4.60. The van der Waals surface area contributed by atoms with E-state index in [1.165, 1.54) is 16.0 Å². The summed E-state index contributed by atoms with van der Waals surface area (Å²) in [7, 11) is 0. The number of amides is 3. The fourth-order valence-corrected chi connectivity index (χ4v) is 5.30. The number of hydrogen-bond acceptors (Lipinski definition) is 6. The SMILES string of the molecule is CC(C)c1ccc(CN2CCC(O)(c3ccc4c(n3)CN(C3CCC(=O)NC3=O)C4=O)CC2)cc1. The number of hydrogen-bond donors (Lipinski definition) is 2. The Morgan fingerprint density at radius 2 is 1.80 bits per heavy atom. The predicted octanol–water partition coefficient (Wildman–Crippen LogP) is 2.45. The molecule has 3 amide bonds. The molecule has 35 heavy (non-hydrogen) atoms. The number of aliphatic hydroxyl groups is 1. The molecule has 3 aliphatic rings. The van der Waals surface area contributed by atoms with Crippen molar-refractivity contribution in [2.45, 2.75) is 70.2 Å². The minimum atomic E-state index is -1.04. The van der Waals surface area contributed by atoms with Gasteiger partial charge in [-0.2, -0.15) is 0 Å². The quantitative estimate of drug-likeness (QED) is 0.643. The van der Waals surface area contributed by atoms with Crippen molar-refractivity contribution in [3.8, 4) is 0 Å². The highest BCUT2D eigenvalue weighted by atomic mass is 16.3. The minimum Gasteiger partial charge on any atom is -0.383 e. The van der Waals surface area contributed by atoms with Gasteiger partial charge in [-0.05, 0) is 48.4 Å². The van der Waals surface area contributed by atoms with Crippen molar-refractivity contribution in [3.05, 3.63) is 64.5 Å². The third-order valence-corrected chi connectivity index (χ3v) is 7.58. The fourth-order valence-electron chi connectivity index (χ4n) is 5.30. The third-order valence-electron chi connectivity index (χ3n) is 7.58. The standard InChI is InChI=1S/C27H32N4O4/c1-17(2)19-5-3-18(4-6-19)15-30-13-11-27(35,12-14-30)23-9-7-20-21(28-23)16-31(26(20)34)22-8-10-24(32)29-25(22)33/h3-7,9,17,22,35H,8,10-16H2,1-2H3,(H,29,32,33). The van der Waals surface area contributed by atoms with Gasteiger partial charge >= 0.3 is 0 Å². The normalized spacial score (nSPS) is 22.5. The van der Waals surface area contributed by atoms with E-state index in [1.54, 1.807) is 12.1 Å². The number of pyridine rings is 1. The van der Waals surface area contributed by atoms with Crippen molar-refractivity contribution in [2.24, 2.45) is 0 Å². The Balaban J connectivity index is 1.24. The molecule has 2 saturated heterocycles. The van der Waals surface area contributed by atoms with Crippen LogP contribution in [0, 0.1) is 0 Å². The number of fused-ring (bicyclic) bond motifs is 1. The zero-order valence-electron chi connectivity index (χ0n) is 20.3. The van der Waals surface area contributed by atoms with Crippen LogP contribution in [0.1, 0.15) is 78.3 Å². The molecule has 8 nitrogen and oxygen atoms in total. The number of benzene rings is 1. The van der Waals surface area contributed by atoms with Gasteiger partial charge in [-0.3, -0.25) is 29.6 Å². The van der Waals surface area contributed by atoms with Gasteiger partial charge in [0.05, 0.1) is 23.5 Å². The first-order valence-corrected chi connectivity index (χ1v) is 12.4. The summed E-state index contributed by atoms with van der Waals surface area (Å²) >= 11 is 0. The van der Waals surface area contributed by atoms with Crippen LogP contribution in [0.25, 0.3) is 0 Å². The van der Waals surface area contributed by atoms with Crippen LogP contribution in [0.15, 0.2) is 36.4 Å². The molecule has 1 aromatic carbocycles. The summed E-state index contributed by atoms with van der Waals surface area (Å²) in [5.74, 6) is -0.483. The lowest BCUT2D eigenvalue weighted by Gasteiger charge is -2.38. The van der Waals surface area contributed by atoms with Crippen molar-refractivity contribution in [3.63, 3.8) is 0 Å². The highest BCUT2D eigenvalue weighted by molar-refractivity contribution is 6.05. The molecule has 4 heterocycles. The number of carbonyl (C=O) groups excluding carboxylic acids is 3. The van der Waals surface area contributed by atoms with Crippen molar-refractivity contribution in [1.29, 1.82) is 0 Å². The summed E-state index contributed by atoms with van der Waals surface area (Å²) in [6.45, 7) is 6.95. The molecule has 0 aliphatic carbocycles. The monoisotopic (exact) mass is 476 g/mol. The lowest BCUT2D eigenvalue weighted by atomic mass is 9.87. The molecule has 2 aromatic rings. The van der Waals surface area contributed by atoms with Gasteiger partial charge in [0.25, 0.3) is 5.91 Å². The van der Waals surface area contributed by atoms with Gasteiger partial charge in [0, 0.05) is 26.1 Å². The number of piperidine rings is 2. The number of nitrogens with zero attached hydrogens (tertiary/aromatic N) is 3. The lowest BCUT2D eigenvalue weighted by molar-refractivity contribution is -0.136. The van der Waals surface area contributed by atoms with Gasteiger partial charge in [0.1, 0.15) is 11.6 Å². The lowest BCUT2D eigenvalue weighted by Crippen LogP contribution is -2.52. The van der Waals surface area contributed by atoms with Gasteiger partial charge in [-0.1, -0.05) is 38.1 Å². The van der Waals surface area contributed by atoms with Crippen molar-refractivity contribution >= 4 is 17.7 Å². The maximum atomic E-state index is 12.9. The molecule has 2 N–H and O–H groups in total. The van der Waals surface area contributed by atoms with Crippen molar-refractivity contribution in [1.82, 2.24) is 20.1 Å². The molecule has 0 radical (unpaired) electrons. The molecule has 0 spiro atoms. The molecular weight excluding hydrogens is 444 g/mol. The molecule has 8 heteroatoms. The Labute approximate surface area is 205 Å². The van der Waals surface area contributed by atoms with E-state index in [4.69, 9.17) is 0 Å². The topological polar surface area (TPSA) is 103 Å². The zero-order chi connectivity index (χ0) is 24.7. The Kier molecular flexibility index (Phi) is 6.19. The summed E-state index contributed by atoms with van der Waals surface area (Å²) in [5.41, 5.74) is 3.18. The fraction of sp³-hybridized carbons (Fsp3) is 0.481. The highest BCUT2D eigenvalue weighted by Gasteiger charge is 2.41. The van der Waals surface area contributed by atoms with E-state index in [2.05, 4.69) is 53.3 Å². The minimum absolute atomic E-state index is 0.211. The molecule has 1 aromatic heterocycles. The summed E-state index contributed by atoms with van der Waals surface area (Å²) in [6, 6.07) is 11.5. The number of rotatable bonds is 5. The zero-order valence-corrected chi connectivity index (χ0v) is 20.3. The van der Waals surface area contributed by atoms with Gasteiger partial charge < -0.3 is 10.0 Å². The average molecular weight is 477 g/mol. The van der Waals surface area contributed by atoms with E-state index >= 15 is 0 Å².